The molecule has 0 saturated heterocycles. The zero-order chi connectivity index (χ0) is 13.5. The summed E-state index contributed by atoms with van der Waals surface area (Å²) in [6.07, 6.45) is 0. The van der Waals surface area contributed by atoms with E-state index in [0.29, 0.717) is 24.1 Å². The number of nitrogens with zero attached hydrogens (tertiary/aromatic N) is 1. The van der Waals surface area contributed by atoms with Crippen molar-refractivity contribution < 1.29 is 4.79 Å². The third kappa shape index (κ3) is 5.00. The van der Waals surface area contributed by atoms with E-state index in [4.69, 9.17) is 5.73 Å². The summed E-state index contributed by atoms with van der Waals surface area (Å²) in [5, 5.41) is 0.325. The molecule has 0 aliphatic heterocycles. The summed E-state index contributed by atoms with van der Waals surface area (Å²) >= 11 is 5.09. The average molecular weight is 331 g/mol. The summed E-state index contributed by atoms with van der Waals surface area (Å²) in [7, 11) is 1.83. The first kappa shape index (κ1) is 15.5. The second-order valence-electron chi connectivity index (χ2n) is 4.20. The minimum absolute atomic E-state index is 0.135. The maximum absolute atomic E-state index is 11.9. The van der Waals surface area contributed by atoms with E-state index in [-0.39, 0.29) is 5.91 Å². The highest BCUT2D eigenvalue weighted by molar-refractivity contribution is 9.10. The van der Waals surface area contributed by atoms with Crippen molar-refractivity contribution in [1.29, 1.82) is 0 Å². The van der Waals surface area contributed by atoms with Gasteiger partial charge in [-0.2, -0.15) is 0 Å². The van der Waals surface area contributed by atoms with Crippen molar-refractivity contribution in [3.05, 3.63) is 34.3 Å². The van der Waals surface area contributed by atoms with Crippen LogP contribution in [0.1, 0.15) is 12.5 Å². The highest BCUT2D eigenvalue weighted by Gasteiger charge is 2.12. The molecule has 0 aliphatic rings. The Morgan fingerprint density at radius 2 is 2.17 bits per heavy atom. The number of benzene rings is 1. The number of halogens is 1. The molecule has 1 aromatic rings. The quantitative estimate of drug-likeness (QED) is 0.871. The van der Waals surface area contributed by atoms with Crippen LogP contribution in [0, 0.1) is 0 Å². The Balaban J connectivity index is 2.47. The van der Waals surface area contributed by atoms with Gasteiger partial charge in [0.05, 0.1) is 5.75 Å². The molecule has 0 radical (unpaired) electrons. The summed E-state index contributed by atoms with van der Waals surface area (Å²) < 4.78 is 1.03. The molecule has 0 heterocycles. The first-order valence-corrected chi connectivity index (χ1v) is 7.67. The van der Waals surface area contributed by atoms with E-state index >= 15 is 0 Å². The second kappa shape index (κ2) is 7.81. The fourth-order valence-corrected chi connectivity index (χ4v) is 2.56. The van der Waals surface area contributed by atoms with Gasteiger partial charge in [0.25, 0.3) is 0 Å². The van der Waals surface area contributed by atoms with Crippen molar-refractivity contribution in [2.45, 2.75) is 18.7 Å². The fourth-order valence-electron chi connectivity index (χ4n) is 1.36. The Morgan fingerprint density at radius 1 is 1.50 bits per heavy atom. The molecule has 0 bridgehead atoms. The van der Waals surface area contributed by atoms with E-state index in [9.17, 15) is 4.79 Å². The highest BCUT2D eigenvalue weighted by atomic mass is 79.9. The molecule has 0 aliphatic carbocycles. The van der Waals surface area contributed by atoms with Gasteiger partial charge in [-0.05, 0) is 11.6 Å². The van der Waals surface area contributed by atoms with Crippen LogP contribution in [-0.2, 0) is 11.3 Å². The molecule has 2 N–H and O–H groups in total. The van der Waals surface area contributed by atoms with E-state index in [1.807, 2.05) is 38.2 Å². The first-order chi connectivity index (χ1) is 8.54. The maximum atomic E-state index is 11.9. The molecule has 0 fully saturated rings. The summed E-state index contributed by atoms with van der Waals surface area (Å²) in [4.78, 5) is 13.7. The van der Waals surface area contributed by atoms with E-state index in [1.54, 1.807) is 16.7 Å². The van der Waals surface area contributed by atoms with Crippen LogP contribution in [-0.4, -0.2) is 35.4 Å². The average Bonchev–Trinajstić information content (AvgIpc) is 2.38. The Labute approximate surface area is 121 Å². The van der Waals surface area contributed by atoms with Crippen molar-refractivity contribution in [2.24, 2.45) is 5.73 Å². The van der Waals surface area contributed by atoms with Gasteiger partial charge in [-0.3, -0.25) is 4.79 Å². The molecule has 0 spiro atoms. The lowest BCUT2D eigenvalue weighted by Gasteiger charge is -2.18. The largest absolute Gasteiger partial charge is 0.341 e. The molecule has 1 aromatic carbocycles. The molecule has 5 heteroatoms. The summed E-state index contributed by atoms with van der Waals surface area (Å²) in [5.41, 5.74) is 6.64. The number of thioether (sulfide) groups is 1. The van der Waals surface area contributed by atoms with E-state index in [0.717, 1.165) is 10.0 Å². The minimum atomic E-state index is 0.135. The lowest BCUT2D eigenvalue weighted by atomic mass is 10.2. The van der Waals surface area contributed by atoms with Gasteiger partial charge in [0.2, 0.25) is 5.91 Å². The number of hydrogen-bond donors (Lipinski definition) is 1. The van der Waals surface area contributed by atoms with Crippen LogP contribution in [0.15, 0.2) is 28.7 Å². The van der Waals surface area contributed by atoms with Gasteiger partial charge in [0, 0.05) is 29.9 Å². The number of hydrogen-bond acceptors (Lipinski definition) is 3. The van der Waals surface area contributed by atoms with Crippen LogP contribution in [0.3, 0.4) is 0 Å². The van der Waals surface area contributed by atoms with Crippen molar-refractivity contribution in [1.82, 2.24) is 4.90 Å². The van der Waals surface area contributed by atoms with E-state index in [2.05, 4.69) is 15.9 Å². The van der Waals surface area contributed by atoms with E-state index in [1.165, 1.54) is 0 Å². The van der Waals surface area contributed by atoms with Crippen LogP contribution in [0.5, 0.6) is 0 Å². The monoisotopic (exact) mass is 330 g/mol. The van der Waals surface area contributed by atoms with Gasteiger partial charge >= 0.3 is 0 Å². The molecule has 1 atom stereocenters. The van der Waals surface area contributed by atoms with Gasteiger partial charge in [-0.1, -0.05) is 41.1 Å². The summed E-state index contributed by atoms with van der Waals surface area (Å²) in [6, 6.07) is 7.94. The Kier molecular flexibility index (Phi) is 6.75. The lowest BCUT2D eigenvalue weighted by Crippen LogP contribution is -2.29. The summed E-state index contributed by atoms with van der Waals surface area (Å²) in [5.74, 6) is 0.621. The SMILES string of the molecule is CC(CN)SCC(=O)N(C)Cc1ccccc1Br. The predicted molar refractivity (Wildman–Crippen MR) is 81.6 cm³/mol. The maximum Gasteiger partial charge on any atom is 0.232 e. The zero-order valence-corrected chi connectivity index (χ0v) is 13.1. The Bertz CT molecular complexity index is 400. The third-order valence-corrected chi connectivity index (χ3v) is 4.56. The molecule has 1 rings (SSSR count). The van der Waals surface area contributed by atoms with Gasteiger partial charge < -0.3 is 10.6 Å². The normalized spacial score (nSPS) is 12.2. The molecule has 18 heavy (non-hydrogen) atoms. The molecule has 0 aromatic heterocycles. The van der Waals surface area contributed by atoms with Gasteiger partial charge in [-0.15, -0.1) is 11.8 Å². The topological polar surface area (TPSA) is 46.3 Å². The molecule has 1 amide bonds. The second-order valence-corrected chi connectivity index (χ2v) is 6.48. The smallest absolute Gasteiger partial charge is 0.232 e. The number of carbonyl (C=O) groups is 1. The van der Waals surface area contributed by atoms with Gasteiger partial charge in [-0.25, -0.2) is 0 Å². The zero-order valence-electron chi connectivity index (χ0n) is 10.7. The molecule has 1 unspecified atom stereocenters. The van der Waals surface area contributed by atoms with Crippen molar-refractivity contribution in [3.8, 4) is 0 Å². The van der Waals surface area contributed by atoms with Crippen LogP contribution in [0.4, 0.5) is 0 Å². The van der Waals surface area contributed by atoms with Crippen molar-refractivity contribution in [2.75, 3.05) is 19.3 Å². The molecule has 3 nitrogen and oxygen atoms in total. The molecule has 0 saturated carbocycles. The Hall–Kier alpha value is -0.520. The first-order valence-electron chi connectivity index (χ1n) is 5.83. The fraction of sp³-hybridized carbons (Fsp3) is 0.462. The summed E-state index contributed by atoms with van der Waals surface area (Å²) in [6.45, 7) is 3.26. The minimum Gasteiger partial charge on any atom is -0.341 e. The lowest BCUT2D eigenvalue weighted by molar-refractivity contribution is -0.127. The third-order valence-electron chi connectivity index (χ3n) is 2.61. The van der Waals surface area contributed by atoms with Crippen LogP contribution in [0.25, 0.3) is 0 Å². The molecule has 100 valence electrons. The standard InChI is InChI=1S/C13H19BrN2OS/c1-10(7-15)18-9-13(17)16(2)8-11-5-3-4-6-12(11)14/h3-6,10H,7-9,15H2,1-2H3. The number of nitrogens with two attached hydrogens (primary N) is 1. The highest BCUT2D eigenvalue weighted by Crippen LogP contribution is 2.18. The predicted octanol–water partition coefficient (Wildman–Crippen LogP) is 2.49. The van der Waals surface area contributed by atoms with Gasteiger partial charge in [0.15, 0.2) is 0 Å². The number of rotatable bonds is 6. The van der Waals surface area contributed by atoms with Gasteiger partial charge in [0.1, 0.15) is 0 Å². The molecular formula is C13H19BrN2OS. The van der Waals surface area contributed by atoms with Crippen LogP contribution in [0.2, 0.25) is 0 Å². The van der Waals surface area contributed by atoms with Crippen LogP contribution >= 0.6 is 27.7 Å². The number of amides is 1. The number of carbonyl (C=O) groups excluding carboxylic acids is 1. The van der Waals surface area contributed by atoms with Crippen LogP contribution < -0.4 is 5.73 Å². The van der Waals surface area contributed by atoms with Crippen molar-refractivity contribution >= 4 is 33.6 Å². The van der Waals surface area contributed by atoms with E-state index < -0.39 is 0 Å². The molecular weight excluding hydrogens is 312 g/mol. The van der Waals surface area contributed by atoms with Crippen molar-refractivity contribution in [3.63, 3.8) is 0 Å². The Morgan fingerprint density at radius 3 is 2.78 bits per heavy atom.